The molecule has 1 aromatic carbocycles. The first kappa shape index (κ1) is 14.3. The van der Waals surface area contributed by atoms with E-state index in [1.54, 1.807) is 0 Å². The van der Waals surface area contributed by atoms with Gasteiger partial charge in [0, 0.05) is 19.0 Å². The van der Waals surface area contributed by atoms with E-state index < -0.39 is 0 Å². The summed E-state index contributed by atoms with van der Waals surface area (Å²) in [5.41, 5.74) is 2.18. The van der Waals surface area contributed by atoms with Gasteiger partial charge in [-0.1, -0.05) is 24.2 Å². The molecule has 21 heavy (non-hydrogen) atoms. The fourth-order valence-corrected chi connectivity index (χ4v) is 3.02. The lowest BCUT2D eigenvalue weighted by Crippen LogP contribution is -2.22. The lowest BCUT2D eigenvalue weighted by atomic mass is 10.1. The minimum Gasteiger partial charge on any atom is -0.361 e. The molecule has 1 aromatic heterocycles. The quantitative estimate of drug-likeness (QED) is 0.829. The SMILES string of the molecule is CCCc1cc([C@H]2CCCN2Cc2ccc(F)cc2)no1. The predicted octanol–water partition coefficient (Wildman–Crippen LogP) is 4.10. The van der Waals surface area contributed by atoms with Gasteiger partial charge in [0.2, 0.25) is 0 Å². The lowest BCUT2D eigenvalue weighted by molar-refractivity contribution is 0.236. The Balaban J connectivity index is 1.70. The van der Waals surface area contributed by atoms with E-state index >= 15 is 0 Å². The lowest BCUT2D eigenvalue weighted by Gasteiger charge is -2.22. The van der Waals surface area contributed by atoms with E-state index in [1.165, 1.54) is 18.6 Å². The van der Waals surface area contributed by atoms with Crippen LogP contribution in [0.1, 0.15) is 49.2 Å². The number of aromatic nitrogens is 1. The maximum atomic E-state index is 13.0. The summed E-state index contributed by atoms with van der Waals surface area (Å²) in [7, 11) is 0. The van der Waals surface area contributed by atoms with Crippen molar-refractivity contribution in [3.63, 3.8) is 0 Å². The zero-order chi connectivity index (χ0) is 14.7. The van der Waals surface area contributed by atoms with Crippen LogP contribution in [0.5, 0.6) is 0 Å². The Labute approximate surface area is 124 Å². The Morgan fingerprint density at radius 2 is 2.14 bits per heavy atom. The van der Waals surface area contributed by atoms with Crippen molar-refractivity contribution in [1.82, 2.24) is 10.1 Å². The van der Waals surface area contributed by atoms with E-state index in [0.717, 1.165) is 49.4 Å². The number of likely N-dealkylation sites (tertiary alicyclic amines) is 1. The number of halogens is 1. The molecule has 0 spiro atoms. The Bertz CT molecular complexity index is 579. The number of hydrogen-bond donors (Lipinski definition) is 0. The first-order valence-corrected chi connectivity index (χ1v) is 7.70. The zero-order valence-electron chi connectivity index (χ0n) is 12.4. The number of aryl methyl sites for hydroxylation is 1. The molecule has 0 saturated carbocycles. The second-order valence-corrected chi connectivity index (χ2v) is 5.72. The Morgan fingerprint density at radius 3 is 2.90 bits per heavy atom. The molecule has 0 radical (unpaired) electrons. The Kier molecular flexibility index (Phi) is 4.34. The molecule has 0 bridgehead atoms. The van der Waals surface area contributed by atoms with Crippen molar-refractivity contribution in [1.29, 1.82) is 0 Å². The number of benzene rings is 1. The van der Waals surface area contributed by atoms with Crippen LogP contribution in [0, 0.1) is 5.82 Å². The van der Waals surface area contributed by atoms with Gasteiger partial charge in [-0.15, -0.1) is 0 Å². The van der Waals surface area contributed by atoms with Gasteiger partial charge in [-0.3, -0.25) is 4.90 Å². The van der Waals surface area contributed by atoms with Crippen molar-refractivity contribution in [2.45, 2.75) is 45.2 Å². The molecular weight excluding hydrogens is 267 g/mol. The van der Waals surface area contributed by atoms with E-state index in [-0.39, 0.29) is 5.82 Å². The van der Waals surface area contributed by atoms with Crippen molar-refractivity contribution in [2.24, 2.45) is 0 Å². The standard InChI is InChI=1S/C17H21FN2O/c1-2-4-15-11-16(19-21-15)17-5-3-10-20(17)12-13-6-8-14(18)9-7-13/h6-9,11,17H,2-5,10,12H2,1H3/t17-/m1/s1. The summed E-state index contributed by atoms with van der Waals surface area (Å²) in [5, 5.41) is 4.25. The second-order valence-electron chi connectivity index (χ2n) is 5.72. The van der Waals surface area contributed by atoms with Gasteiger partial charge in [0.25, 0.3) is 0 Å². The first-order chi connectivity index (χ1) is 10.3. The average Bonchev–Trinajstić information content (AvgIpc) is 3.11. The van der Waals surface area contributed by atoms with Gasteiger partial charge in [0.1, 0.15) is 17.3 Å². The molecule has 1 atom stereocenters. The van der Waals surface area contributed by atoms with E-state index in [2.05, 4.69) is 23.0 Å². The molecule has 3 rings (SSSR count). The van der Waals surface area contributed by atoms with Gasteiger partial charge in [0.15, 0.2) is 0 Å². The molecule has 0 unspecified atom stereocenters. The average molecular weight is 288 g/mol. The molecule has 112 valence electrons. The molecule has 0 aliphatic carbocycles. The summed E-state index contributed by atoms with van der Waals surface area (Å²) < 4.78 is 18.4. The van der Waals surface area contributed by atoms with Crippen LogP contribution in [-0.4, -0.2) is 16.6 Å². The topological polar surface area (TPSA) is 29.3 Å². The van der Waals surface area contributed by atoms with Crippen LogP contribution >= 0.6 is 0 Å². The fraction of sp³-hybridized carbons (Fsp3) is 0.471. The zero-order valence-corrected chi connectivity index (χ0v) is 12.4. The maximum Gasteiger partial charge on any atom is 0.137 e. The monoisotopic (exact) mass is 288 g/mol. The summed E-state index contributed by atoms with van der Waals surface area (Å²) in [6.07, 6.45) is 4.29. The number of nitrogens with zero attached hydrogens (tertiary/aromatic N) is 2. The Morgan fingerprint density at radius 1 is 1.33 bits per heavy atom. The van der Waals surface area contributed by atoms with Gasteiger partial charge in [-0.05, 0) is 43.5 Å². The first-order valence-electron chi connectivity index (χ1n) is 7.70. The molecule has 1 fully saturated rings. The molecule has 4 heteroatoms. The highest BCUT2D eigenvalue weighted by molar-refractivity contribution is 5.18. The molecule has 0 amide bonds. The molecular formula is C17H21FN2O. The van der Waals surface area contributed by atoms with Crippen LogP contribution in [0.4, 0.5) is 4.39 Å². The van der Waals surface area contributed by atoms with Gasteiger partial charge in [-0.2, -0.15) is 0 Å². The number of hydrogen-bond acceptors (Lipinski definition) is 3. The van der Waals surface area contributed by atoms with Gasteiger partial charge in [-0.25, -0.2) is 4.39 Å². The predicted molar refractivity (Wildman–Crippen MR) is 79.3 cm³/mol. The highest BCUT2D eigenvalue weighted by atomic mass is 19.1. The van der Waals surface area contributed by atoms with Crippen molar-refractivity contribution in [2.75, 3.05) is 6.54 Å². The van der Waals surface area contributed by atoms with E-state index in [9.17, 15) is 4.39 Å². The maximum absolute atomic E-state index is 13.0. The third-order valence-corrected chi connectivity index (χ3v) is 4.08. The van der Waals surface area contributed by atoms with Crippen LogP contribution in [-0.2, 0) is 13.0 Å². The van der Waals surface area contributed by atoms with Crippen LogP contribution in [0.15, 0.2) is 34.9 Å². The molecule has 2 aromatic rings. The minimum atomic E-state index is -0.183. The largest absolute Gasteiger partial charge is 0.361 e. The highest BCUT2D eigenvalue weighted by Crippen LogP contribution is 2.32. The van der Waals surface area contributed by atoms with Crippen molar-refractivity contribution in [3.05, 3.63) is 53.2 Å². The molecule has 2 heterocycles. The van der Waals surface area contributed by atoms with Gasteiger partial charge in [0.05, 0.1) is 6.04 Å². The van der Waals surface area contributed by atoms with E-state index in [1.807, 2.05) is 12.1 Å². The van der Waals surface area contributed by atoms with Gasteiger partial charge < -0.3 is 4.52 Å². The van der Waals surface area contributed by atoms with Crippen LogP contribution in [0.3, 0.4) is 0 Å². The summed E-state index contributed by atoms with van der Waals surface area (Å²) in [6.45, 7) is 4.03. The summed E-state index contributed by atoms with van der Waals surface area (Å²) >= 11 is 0. The van der Waals surface area contributed by atoms with Crippen molar-refractivity contribution in [3.8, 4) is 0 Å². The number of rotatable bonds is 5. The van der Waals surface area contributed by atoms with Crippen molar-refractivity contribution < 1.29 is 8.91 Å². The van der Waals surface area contributed by atoms with Crippen LogP contribution in [0.25, 0.3) is 0 Å². The molecule has 1 aliphatic rings. The molecule has 1 saturated heterocycles. The minimum absolute atomic E-state index is 0.183. The normalized spacial score (nSPS) is 19.2. The van der Waals surface area contributed by atoms with E-state index in [0.29, 0.717) is 6.04 Å². The third kappa shape index (κ3) is 3.32. The second kappa shape index (κ2) is 6.39. The van der Waals surface area contributed by atoms with Crippen molar-refractivity contribution >= 4 is 0 Å². The summed E-state index contributed by atoms with van der Waals surface area (Å²) in [6, 6.07) is 9.18. The fourth-order valence-electron chi connectivity index (χ4n) is 3.02. The van der Waals surface area contributed by atoms with E-state index in [4.69, 9.17) is 4.52 Å². The third-order valence-electron chi connectivity index (χ3n) is 4.08. The van der Waals surface area contributed by atoms with Gasteiger partial charge >= 0.3 is 0 Å². The summed E-state index contributed by atoms with van der Waals surface area (Å²) in [4.78, 5) is 2.40. The molecule has 0 N–H and O–H groups in total. The molecule has 1 aliphatic heterocycles. The highest BCUT2D eigenvalue weighted by Gasteiger charge is 2.28. The Hall–Kier alpha value is -1.68. The summed E-state index contributed by atoms with van der Waals surface area (Å²) in [5.74, 6) is 0.790. The molecule has 3 nitrogen and oxygen atoms in total. The smallest absolute Gasteiger partial charge is 0.137 e. The van der Waals surface area contributed by atoms with Crippen LogP contribution < -0.4 is 0 Å². The van der Waals surface area contributed by atoms with Crippen LogP contribution in [0.2, 0.25) is 0 Å².